The zero-order valence-electron chi connectivity index (χ0n) is 11.3. The highest BCUT2D eigenvalue weighted by Gasteiger charge is 2.24. The van der Waals surface area contributed by atoms with Gasteiger partial charge in [0.1, 0.15) is 12.2 Å². The predicted molar refractivity (Wildman–Crippen MR) is 74.3 cm³/mol. The van der Waals surface area contributed by atoms with Gasteiger partial charge in [-0.3, -0.25) is 4.79 Å². The summed E-state index contributed by atoms with van der Waals surface area (Å²) in [5, 5.41) is 20.2. The van der Waals surface area contributed by atoms with Gasteiger partial charge >= 0.3 is 5.97 Å². The molecule has 0 bridgehead atoms. The highest BCUT2D eigenvalue weighted by atomic mass is 16.5. The van der Waals surface area contributed by atoms with E-state index in [9.17, 15) is 9.59 Å². The smallest absolute Gasteiger partial charge is 0.339 e. The molecule has 7 nitrogen and oxygen atoms in total. The van der Waals surface area contributed by atoms with E-state index in [0.717, 1.165) is 0 Å². The summed E-state index contributed by atoms with van der Waals surface area (Å²) in [4.78, 5) is 24.7. The van der Waals surface area contributed by atoms with E-state index >= 15 is 0 Å². The first-order valence-corrected chi connectivity index (χ1v) is 6.51. The van der Waals surface area contributed by atoms with Crippen LogP contribution in [0.5, 0.6) is 5.75 Å². The molecule has 2 N–H and O–H groups in total. The quantitative estimate of drug-likeness (QED) is 0.770. The number of nitriles is 1. The third-order valence-corrected chi connectivity index (χ3v) is 3.07. The molecule has 7 heteroatoms. The topological polar surface area (TPSA) is 103 Å². The molecule has 0 atom stereocenters. The molecule has 0 saturated heterocycles. The van der Waals surface area contributed by atoms with E-state index in [0.29, 0.717) is 31.1 Å². The van der Waals surface area contributed by atoms with Crippen LogP contribution in [0.1, 0.15) is 16.8 Å². The lowest BCUT2D eigenvalue weighted by atomic mass is 10.1. The van der Waals surface area contributed by atoms with Crippen LogP contribution in [0.2, 0.25) is 0 Å². The van der Waals surface area contributed by atoms with Crippen molar-refractivity contribution in [1.29, 1.82) is 5.26 Å². The molecule has 0 fully saturated rings. The Balaban J connectivity index is 2.12. The number of amides is 1. The zero-order chi connectivity index (χ0) is 15.2. The van der Waals surface area contributed by atoms with Crippen molar-refractivity contribution in [2.24, 2.45) is 0 Å². The van der Waals surface area contributed by atoms with Gasteiger partial charge in [-0.1, -0.05) is 6.07 Å². The van der Waals surface area contributed by atoms with E-state index in [1.54, 1.807) is 17.0 Å². The van der Waals surface area contributed by atoms with E-state index in [4.69, 9.17) is 15.1 Å². The minimum absolute atomic E-state index is 0.0853. The van der Waals surface area contributed by atoms with Gasteiger partial charge in [-0.2, -0.15) is 5.26 Å². The Kier molecular flexibility index (Phi) is 4.61. The first-order chi connectivity index (χ1) is 10.1. The number of ether oxygens (including phenoxy) is 1. The number of nitrogens with one attached hydrogen (secondary N) is 1. The number of carboxylic acids is 1. The van der Waals surface area contributed by atoms with Crippen molar-refractivity contribution >= 4 is 17.6 Å². The Labute approximate surface area is 121 Å². The van der Waals surface area contributed by atoms with Crippen LogP contribution in [0.3, 0.4) is 0 Å². The third kappa shape index (κ3) is 3.42. The number of anilines is 1. The first-order valence-electron chi connectivity index (χ1n) is 6.51. The van der Waals surface area contributed by atoms with Crippen LogP contribution in [-0.4, -0.2) is 43.2 Å². The van der Waals surface area contributed by atoms with Crippen LogP contribution in [0.25, 0.3) is 0 Å². The molecule has 0 spiro atoms. The third-order valence-electron chi connectivity index (χ3n) is 3.07. The number of carboxylic acid groups (broad SMARTS) is 1. The summed E-state index contributed by atoms with van der Waals surface area (Å²) in [6, 6.07) is 6.77. The maximum absolute atomic E-state index is 11.8. The van der Waals surface area contributed by atoms with Gasteiger partial charge in [-0.05, 0) is 12.1 Å². The molecular formula is C14H15N3O4. The molecule has 0 saturated carbocycles. The molecule has 110 valence electrons. The average molecular weight is 289 g/mol. The van der Waals surface area contributed by atoms with Crippen molar-refractivity contribution in [3.8, 4) is 11.8 Å². The summed E-state index contributed by atoms with van der Waals surface area (Å²) >= 11 is 0. The van der Waals surface area contributed by atoms with Crippen LogP contribution < -0.4 is 15.0 Å². The summed E-state index contributed by atoms with van der Waals surface area (Å²) in [7, 11) is 0. The molecule has 1 aliphatic heterocycles. The molecule has 1 amide bonds. The number of carbonyl (C=O) groups excluding carboxylic acids is 1. The van der Waals surface area contributed by atoms with E-state index in [1.807, 2.05) is 6.07 Å². The fourth-order valence-electron chi connectivity index (χ4n) is 2.12. The minimum atomic E-state index is -1.06. The summed E-state index contributed by atoms with van der Waals surface area (Å²) in [6.07, 6.45) is 0.259. The van der Waals surface area contributed by atoms with Crippen molar-refractivity contribution in [3.63, 3.8) is 0 Å². The number of hydrogen-bond donors (Lipinski definition) is 2. The molecule has 0 radical (unpaired) electrons. The predicted octanol–water partition coefficient (Wildman–Crippen LogP) is 0.613. The second-order valence-corrected chi connectivity index (χ2v) is 4.49. The molecule has 1 heterocycles. The lowest BCUT2D eigenvalue weighted by Crippen LogP contribution is -2.41. The van der Waals surface area contributed by atoms with Crippen LogP contribution >= 0.6 is 0 Å². The Morgan fingerprint density at radius 1 is 1.48 bits per heavy atom. The Bertz CT molecular complexity index is 594. The number of rotatable bonds is 5. The molecule has 0 aromatic heterocycles. The average Bonchev–Trinajstić information content (AvgIpc) is 2.47. The highest BCUT2D eigenvalue weighted by molar-refractivity contribution is 5.94. The van der Waals surface area contributed by atoms with Gasteiger partial charge in [0.2, 0.25) is 5.91 Å². The summed E-state index contributed by atoms with van der Waals surface area (Å²) in [5.74, 6) is -0.980. The highest BCUT2D eigenvalue weighted by Crippen LogP contribution is 2.34. The molecule has 2 rings (SSSR count). The van der Waals surface area contributed by atoms with E-state index < -0.39 is 5.97 Å². The fraction of sp³-hybridized carbons (Fsp3) is 0.357. The second-order valence-electron chi connectivity index (χ2n) is 4.49. The largest absolute Gasteiger partial charge is 0.489 e. The van der Waals surface area contributed by atoms with E-state index in [1.165, 1.54) is 6.07 Å². The monoisotopic (exact) mass is 289 g/mol. The van der Waals surface area contributed by atoms with E-state index in [2.05, 4.69) is 5.32 Å². The van der Waals surface area contributed by atoms with E-state index in [-0.39, 0.29) is 24.4 Å². The van der Waals surface area contributed by atoms with Crippen molar-refractivity contribution in [1.82, 2.24) is 5.32 Å². The summed E-state index contributed by atoms with van der Waals surface area (Å²) in [6.45, 7) is 1.23. The van der Waals surface area contributed by atoms with Crippen LogP contribution in [0.15, 0.2) is 18.2 Å². The van der Waals surface area contributed by atoms with Crippen molar-refractivity contribution in [2.75, 3.05) is 31.1 Å². The summed E-state index contributed by atoms with van der Waals surface area (Å²) in [5.41, 5.74) is 0.679. The number of carbonyl (C=O) groups is 2. The van der Waals surface area contributed by atoms with Crippen molar-refractivity contribution in [3.05, 3.63) is 23.8 Å². The Hall–Kier alpha value is -2.75. The standard InChI is InChI=1S/C14H15N3O4/c15-5-2-6-16-12(18)9-17-7-8-21-13-10(14(19)20)3-1-4-11(13)17/h1,3-4H,2,6-9H2,(H,16,18)(H,19,20). The van der Waals surface area contributed by atoms with Gasteiger partial charge < -0.3 is 20.1 Å². The molecule has 1 aliphatic rings. The Morgan fingerprint density at radius 3 is 3.00 bits per heavy atom. The van der Waals surface area contributed by atoms with Crippen LogP contribution in [-0.2, 0) is 4.79 Å². The maximum atomic E-state index is 11.8. The number of hydrogen-bond acceptors (Lipinski definition) is 5. The number of benzene rings is 1. The van der Waals surface area contributed by atoms with Gasteiger partial charge in [0, 0.05) is 6.54 Å². The van der Waals surface area contributed by atoms with Gasteiger partial charge in [0.25, 0.3) is 0 Å². The number of fused-ring (bicyclic) bond motifs is 1. The van der Waals surface area contributed by atoms with Crippen molar-refractivity contribution < 1.29 is 19.4 Å². The molecule has 0 unspecified atom stereocenters. The molecule has 1 aromatic carbocycles. The minimum Gasteiger partial charge on any atom is -0.489 e. The number of para-hydroxylation sites is 1. The summed E-state index contributed by atoms with van der Waals surface area (Å²) < 4.78 is 5.43. The van der Waals surface area contributed by atoms with Gasteiger partial charge in [0.05, 0.1) is 31.3 Å². The van der Waals surface area contributed by atoms with Crippen molar-refractivity contribution in [2.45, 2.75) is 6.42 Å². The van der Waals surface area contributed by atoms with Crippen LogP contribution in [0, 0.1) is 11.3 Å². The molecule has 21 heavy (non-hydrogen) atoms. The Morgan fingerprint density at radius 2 is 2.29 bits per heavy atom. The number of aromatic carboxylic acids is 1. The lowest BCUT2D eigenvalue weighted by molar-refractivity contribution is -0.119. The normalized spacial score (nSPS) is 12.8. The molecule has 0 aliphatic carbocycles. The SMILES string of the molecule is N#CCCNC(=O)CN1CCOc2c(C(=O)O)cccc21. The van der Waals surface area contributed by atoms with Gasteiger partial charge in [0.15, 0.2) is 5.75 Å². The fourth-order valence-corrected chi connectivity index (χ4v) is 2.12. The van der Waals surface area contributed by atoms with Gasteiger partial charge in [-0.15, -0.1) is 0 Å². The number of nitrogens with zero attached hydrogens (tertiary/aromatic N) is 2. The second kappa shape index (κ2) is 6.61. The van der Waals surface area contributed by atoms with Crippen LogP contribution in [0.4, 0.5) is 5.69 Å². The first kappa shape index (κ1) is 14.7. The maximum Gasteiger partial charge on any atom is 0.339 e. The molecule has 1 aromatic rings. The zero-order valence-corrected chi connectivity index (χ0v) is 11.3. The molecular weight excluding hydrogens is 274 g/mol. The van der Waals surface area contributed by atoms with Gasteiger partial charge in [-0.25, -0.2) is 4.79 Å². The lowest BCUT2D eigenvalue weighted by Gasteiger charge is -2.31.